The highest BCUT2D eigenvalue weighted by atomic mass is 16.5. The van der Waals surface area contributed by atoms with Gasteiger partial charge in [-0.15, -0.1) is 5.10 Å². The second-order valence-corrected chi connectivity index (χ2v) is 8.38. The monoisotopic (exact) mass is 444 g/mol. The van der Waals surface area contributed by atoms with Gasteiger partial charge in [-0.05, 0) is 25.5 Å². The molecule has 0 saturated heterocycles. The van der Waals surface area contributed by atoms with E-state index < -0.39 is 0 Å². The predicted octanol–water partition coefficient (Wildman–Crippen LogP) is 0.970. The molecular formula is C22H32N6O4. The van der Waals surface area contributed by atoms with E-state index >= 15 is 0 Å². The number of carbonyl (C=O) groups is 2. The van der Waals surface area contributed by atoms with Crippen molar-refractivity contribution in [2.24, 2.45) is 5.92 Å². The zero-order valence-corrected chi connectivity index (χ0v) is 18.9. The molecule has 2 aromatic heterocycles. The molecule has 1 aliphatic rings. The topological polar surface area (TPSA) is 114 Å². The second-order valence-electron chi connectivity index (χ2n) is 8.38. The molecule has 3 heterocycles. The molecule has 1 N–H and O–H groups in total. The summed E-state index contributed by atoms with van der Waals surface area (Å²) in [7, 11) is 1.74. The Balaban J connectivity index is 1.81. The van der Waals surface area contributed by atoms with Gasteiger partial charge < -0.3 is 19.6 Å². The zero-order chi connectivity index (χ0) is 23.1. The molecule has 10 nitrogen and oxygen atoms in total. The highest BCUT2D eigenvalue weighted by Crippen LogP contribution is 2.18. The third kappa shape index (κ3) is 5.89. The minimum absolute atomic E-state index is 0.0133. The van der Waals surface area contributed by atoms with Crippen molar-refractivity contribution in [3.05, 3.63) is 42.0 Å². The van der Waals surface area contributed by atoms with Crippen LogP contribution in [0.5, 0.6) is 0 Å². The summed E-state index contributed by atoms with van der Waals surface area (Å²) in [5.74, 6) is -0.220. The van der Waals surface area contributed by atoms with Crippen molar-refractivity contribution < 1.29 is 19.4 Å². The number of aromatic nitrogens is 4. The quantitative estimate of drug-likeness (QED) is 0.731. The van der Waals surface area contributed by atoms with Gasteiger partial charge in [-0.2, -0.15) is 0 Å². The van der Waals surface area contributed by atoms with E-state index in [4.69, 9.17) is 4.74 Å². The Labute approximate surface area is 188 Å². The lowest BCUT2D eigenvalue weighted by Gasteiger charge is -2.35. The molecule has 3 atom stereocenters. The van der Waals surface area contributed by atoms with Crippen LogP contribution in [0.4, 0.5) is 0 Å². The number of likely N-dealkylation sites (N-methyl/N-ethyl adjacent to an activating group) is 1. The first-order chi connectivity index (χ1) is 15.4. The molecule has 3 rings (SSSR count). The van der Waals surface area contributed by atoms with E-state index in [9.17, 15) is 14.7 Å². The highest BCUT2D eigenvalue weighted by Gasteiger charge is 2.29. The van der Waals surface area contributed by atoms with Crippen LogP contribution in [0.25, 0.3) is 0 Å². The van der Waals surface area contributed by atoms with Crippen LogP contribution in [0, 0.1) is 5.92 Å². The first-order valence-electron chi connectivity index (χ1n) is 11.0. The molecule has 0 aromatic carbocycles. The Bertz CT molecular complexity index is 890. The summed E-state index contributed by atoms with van der Waals surface area (Å²) in [6.45, 7) is 5.37. The Hall–Kier alpha value is -2.85. The van der Waals surface area contributed by atoms with Crippen LogP contribution in [-0.4, -0.2) is 85.6 Å². The van der Waals surface area contributed by atoms with Gasteiger partial charge in [0.1, 0.15) is 0 Å². The first kappa shape index (κ1) is 23.8. The van der Waals surface area contributed by atoms with E-state index in [0.29, 0.717) is 44.6 Å². The molecule has 0 radical (unpaired) electrons. The number of aryl methyl sites for hydroxylation is 1. The lowest BCUT2D eigenvalue weighted by Crippen LogP contribution is -2.48. The fourth-order valence-electron chi connectivity index (χ4n) is 3.81. The van der Waals surface area contributed by atoms with Gasteiger partial charge in [0, 0.05) is 57.0 Å². The van der Waals surface area contributed by atoms with E-state index in [-0.39, 0.29) is 36.5 Å². The van der Waals surface area contributed by atoms with Gasteiger partial charge in [0.05, 0.1) is 37.3 Å². The fraction of sp³-hybridized carbons (Fsp3) is 0.591. The van der Waals surface area contributed by atoms with Crippen LogP contribution < -0.4 is 0 Å². The van der Waals surface area contributed by atoms with Crippen molar-refractivity contribution in [1.82, 2.24) is 29.8 Å². The van der Waals surface area contributed by atoms with Crippen molar-refractivity contribution in [3.8, 4) is 0 Å². The van der Waals surface area contributed by atoms with Crippen molar-refractivity contribution in [3.63, 3.8) is 0 Å². The number of hydrogen-bond donors (Lipinski definition) is 1. The van der Waals surface area contributed by atoms with Gasteiger partial charge in [-0.1, -0.05) is 12.1 Å². The number of ether oxygens (including phenoxy) is 1. The van der Waals surface area contributed by atoms with Crippen molar-refractivity contribution in [2.75, 3.05) is 26.7 Å². The normalized spacial score (nSPS) is 21.2. The summed E-state index contributed by atoms with van der Waals surface area (Å²) >= 11 is 0. The summed E-state index contributed by atoms with van der Waals surface area (Å²) < 4.78 is 8.01. The van der Waals surface area contributed by atoms with Gasteiger partial charge >= 0.3 is 0 Å². The van der Waals surface area contributed by atoms with Crippen LogP contribution >= 0.6 is 0 Å². The van der Waals surface area contributed by atoms with Crippen molar-refractivity contribution >= 4 is 11.8 Å². The molecule has 32 heavy (non-hydrogen) atoms. The average molecular weight is 445 g/mol. The maximum absolute atomic E-state index is 12.9. The number of amides is 2. The molecule has 0 saturated carbocycles. The number of aliphatic hydroxyl groups is 1. The molecule has 0 aliphatic carbocycles. The Kier molecular flexibility index (Phi) is 8.29. The summed E-state index contributed by atoms with van der Waals surface area (Å²) in [5, 5.41) is 17.8. The Morgan fingerprint density at radius 2 is 2.12 bits per heavy atom. The molecule has 10 heteroatoms. The maximum atomic E-state index is 12.9. The number of carbonyl (C=O) groups excluding carboxylic acids is 2. The van der Waals surface area contributed by atoms with E-state index in [1.54, 1.807) is 52.3 Å². The van der Waals surface area contributed by atoms with Crippen LogP contribution in [0.2, 0.25) is 0 Å². The van der Waals surface area contributed by atoms with Gasteiger partial charge in [-0.3, -0.25) is 14.6 Å². The van der Waals surface area contributed by atoms with Gasteiger partial charge in [0.25, 0.3) is 5.91 Å². The molecular weight excluding hydrogens is 412 g/mol. The minimum atomic E-state index is -0.338. The highest BCUT2D eigenvalue weighted by molar-refractivity contribution is 5.93. The van der Waals surface area contributed by atoms with E-state index in [1.807, 2.05) is 13.8 Å². The minimum Gasteiger partial charge on any atom is -0.394 e. The summed E-state index contributed by atoms with van der Waals surface area (Å²) in [6, 6.07) is 3.06. The molecule has 0 spiro atoms. The molecule has 0 unspecified atom stereocenters. The molecule has 174 valence electrons. The van der Waals surface area contributed by atoms with Crippen LogP contribution in [0.15, 0.2) is 30.7 Å². The number of aliphatic hydroxyl groups excluding tert-OH is 1. The van der Waals surface area contributed by atoms with Gasteiger partial charge in [0.15, 0.2) is 0 Å². The number of nitrogens with zero attached hydrogens (tertiary/aromatic N) is 6. The third-order valence-electron chi connectivity index (χ3n) is 5.87. The van der Waals surface area contributed by atoms with Crippen LogP contribution in [0.3, 0.4) is 0 Å². The number of hydrogen-bond acceptors (Lipinski definition) is 7. The zero-order valence-electron chi connectivity index (χ0n) is 18.9. The first-order valence-corrected chi connectivity index (χ1v) is 11.0. The fourth-order valence-corrected chi connectivity index (χ4v) is 3.81. The SMILES string of the molecule is C[C@H](CO)N1C[C@H](C)[C@H](CN(C)C(=O)c2ccncc2)OCc2cnnn2CCCC1=O. The number of pyridine rings is 1. The maximum Gasteiger partial charge on any atom is 0.253 e. The Morgan fingerprint density at radius 3 is 2.84 bits per heavy atom. The van der Waals surface area contributed by atoms with Crippen molar-refractivity contribution in [2.45, 2.75) is 52.0 Å². The smallest absolute Gasteiger partial charge is 0.253 e. The van der Waals surface area contributed by atoms with Gasteiger partial charge in [0.2, 0.25) is 5.91 Å². The summed E-state index contributed by atoms with van der Waals surface area (Å²) in [4.78, 5) is 33.1. The standard InChI is InChI=1S/C22H32N6O4/c1-16-12-27(17(2)14-29)21(30)5-4-10-28-19(11-24-25-28)15-32-20(16)13-26(3)22(31)18-6-8-23-9-7-18/h6-9,11,16-17,20,29H,4-5,10,12-15H2,1-3H3/t16-,17+,20-/m0/s1. The molecule has 1 aliphatic heterocycles. The molecule has 2 amide bonds. The predicted molar refractivity (Wildman–Crippen MR) is 116 cm³/mol. The molecule has 0 fully saturated rings. The second kappa shape index (κ2) is 11.1. The number of fused-ring (bicyclic) bond motifs is 1. The summed E-state index contributed by atoms with van der Waals surface area (Å²) in [6.07, 6.45) is 5.50. The molecule has 2 aromatic rings. The van der Waals surface area contributed by atoms with E-state index in [0.717, 1.165) is 5.69 Å². The molecule has 0 bridgehead atoms. The largest absolute Gasteiger partial charge is 0.394 e. The van der Waals surface area contributed by atoms with E-state index in [2.05, 4.69) is 15.3 Å². The van der Waals surface area contributed by atoms with E-state index in [1.165, 1.54) is 0 Å². The van der Waals surface area contributed by atoms with Crippen LogP contribution in [-0.2, 0) is 22.7 Å². The van der Waals surface area contributed by atoms with Crippen LogP contribution in [0.1, 0.15) is 42.7 Å². The lowest BCUT2D eigenvalue weighted by molar-refractivity contribution is -0.136. The third-order valence-corrected chi connectivity index (χ3v) is 5.87. The average Bonchev–Trinajstić information content (AvgIpc) is 3.25. The number of rotatable bonds is 5. The Morgan fingerprint density at radius 1 is 1.38 bits per heavy atom. The lowest BCUT2D eigenvalue weighted by atomic mass is 10.0. The van der Waals surface area contributed by atoms with Crippen molar-refractivity contribution in [1.29, 1.82) is 0 Å². The van der Waals surface area contributed by atoms with Gasteiger partial charge in [-0.25, -0.2) is 4.68 Å². The summed E-state index contributed by atoms with van der Waals surface area (Å²) in [5.41, 5.74) is 1.38.